The molecule has 16 heavy (non-hydrogen) atoms. The molecule has 1 amide bonds. The van der Waals surface area contributed by atoms with Crippen molar-refractivity contribution in [1.82, 2.24) is 4.90 Å². The summed E-state index contributed by atoms with van der Waals surface area (Å²) >= 11 is 0. The van der Waals surface area contributed by atoms with E-state index in [4.69, 9.17) is 5.11 Å². The van der Waals surface area contributed by atoms with E-state index in [1.54, 1.807) is 38.2 Å². The summed E-state index contributed by atoms with van der Waals surface area (Å²) in [6.07, 6.45) is 0.146. The van der Waals surface area contributed by atoms with Gasteiger partial charge in [-0.25, -0.2) is 0 Å². The highest BCUT2D eigenvalue weighted by molar-refractivity contribution is 5.79. The van der Waals surface area contributed by atoms with Gasteiger partial charge in [0.15, 0.2) is 0 Å². The van der Waals surface area contributed by atoms with Crippen LogP contribution in [0.5, 0.6) is 5.75 Å². The van der Waals surface area contributed by atoms with Gasteiger partial charge in [-0.2, -0.15) is 0 Å². The van der Waals surface area contributed by atoms with Crippen molar-refractivity contribution in [3.8, 4) is 5.75 Å². The van der Waals surface area contributed by atoms with E-state index < -0.39 is 0 Å². The molecule has 0 fully saturated rings. The quantitative estimate of drug-likeness (QED) is 0.792. The number of phenolic OH excluding ortho intramolecular Hbond substituents is 1. The molecule has 0 saturated heterocycles. The average Bonchev–Trinajstić information content (AvgIpc) is 2.30. The van der Waals surface area contributed by atoms with Gasteiger partial charge < -0.3 is 15.1 Å². The average molecular weight is 223 g/mol. The van der Waals surface area contributed by atoms with E-state index in [1.807, 2.05) is 0 Å². The molecule has 0 radical (unpaired) electrons. The summed E-state index contributed by atoms with van der Waals surface area (Å²) < 4.78 is 0. The lowest BCUT2D eigenvalue weighted by atomic mass is 10.1. The number of benzene rings is 1. The Morgan fingerprint density at radius 2 is 2.06 bits per heavy atom. The number of hydrogen-bond donors (Lipinski definition) is 2. The van der Waals surface area contributed by atoms with E-state index in [9.17, 15) is 9.90 Å². The van der Waals surface area contributed by atoms with Crippen molar-refractivity contribution < 1.29 is 15.0 Å². The minimum absolute atomic E-state index is 0.0665. The summed E-state index contributed by atoms with van der Waals surface area (Å²) in [7, 11) is 1.64. The first kappa shape index (κ1) is 12.5. The lowest BCUT2D eigenvalue weighted by Gasteiger charge is -2.23. The van der Waals surface area contributed by atoms with Crippen molar-refractivity contribution in [2.24, 2.45) is 0 Å². The molecule has 0 aliphatic heterocycles. The zero-order valence-corrected chi connectivity index (χ0v) is 9.55. The number of likely N-dealkylation sites (N-methyl/N-ethyl adjacent to an activating group) is 1. The van der Waals surface area contributed by atoms with Crippen LogP contribution >= 0.6 is 0 Å². The van der Waals surface area contributed by atoms with Crippen molar-refractivity contribution in [2.45, 2.75) is 19.4 Å². The molecule has 0 saturated carbocycles. The van der Waals surface area contributed by atoms with E-state index in [-0.39, 0.29) is 30.7 Å². The van der Waals surface area contributed by atoms with Crippen LogP contribution in [-0.2, 0) is 11.2 Å². The Hall–Kier alpha value is -1.55. The number of amides is 1. The number of aliphatic hydroxyl groups is 1. The molecule has 0 aliphatic rings. The molecule has 88 valence electrons. The molecule has 1 aromatic carbocycles. The number of rotatable bonds is 4. The van der Waals surface area contributed by atoms with Crippen LogP contribution in [0.2, 0.25) is 0 Å². The fourth-order valence-corrected chi connectivity index (χ4v) is 1.32. The van der Waals surface area contributed by atoms with Gasteiger partial charge in [0.05, 0.1) is 19.1 Å². The molecule has 1 aromatic rings. The van der Waals surface area contributed by atoms with Gasteiger partial charge in [0.25, 0.3) is 0 Å². The smallest absolute Gasteiger partial charge is 0.227 e. The SMILES string of the molecule is CC(CO)N(C)C(=O)Cc1ccccc1O. The van der Waals surface area contributed by atoms with Crippen molar-refractivity contribution >= 4 is 5.91 Å². The third-order valence-corrected chi connectivity index (χ3v) is 2.65. The number of hydrogen-bond acceptors (Lipinski definition) is 3. The topological polar surface area (TPSA) is 60.8 Å². The maximum absolute atomic E-state index is 11.8. The summed E-state index contributed by atoms with van der Waals surface area (Å²) in [5, 5.41) is 18.4. The van der Waals surface area contributed by atoms with Crippen LogP contribution < -0.4 is 0 Å². The first-order chi connectivity index (χ1) is 7.56. The zero-order valence-electron chi connectivity index (χ0n) is 9.55. The second-order valence-corrected chi connectivity index (χ2v) is 3.84. The first-order valence-corrected chi connectivity index (χ1v) is 5.19. The number of aliphatic hydroxyl groups excluding tert-OH is 1. The number of phenols is 1. The molecule has 1 rings (SSSR count). The Morgan fingerprint density at radius 1 is 1.44 bits per heavy atom. The van der Waals surface area contributed by atoms with Gasteiger partial charge in [0.1, 0.15) is 5.75 Å². The van der Waals surface area contributed by atoms with Crippen molar-refractivity contribution in [2.75, 3.05) is 13.7 Å². The van der Waals surface area contributed by atoms with Crippen molar-refractivity contribution in [3.63, 3.8) is 0 Å². The minimum atomic E-state index is -0.210. The molecule has 2 N–H and O–H groups in total. The van der Waals surface area contributed by atoms with Crippen LogP contribution in [-0.4, -0.2) is 40.7 Å². The van der Waals surface area contributed by atoms with E-state index in [0.717, 1.165) is 0 Å². The van der Waals surface area contributed by atoms with E-state index in [2.05, 4.69) is 0 Å². The zero-order chi connectivity index (χ0) is 12.1. The van der Waals surface area contributed by atoms with E-state index in [1.165, 1.54) is 4.90 Å². The minimum Gasteiger partial charge on any atom is -0.508 e. The number of para-hydroxylation sites is 1. The Balaban J connectivity index is 2.68. The molecular formula is C12H17NO3. The molecule has 0 spiro atoms. The molecule has 0 bridgehead atoms. The molecule has 0 heterocycles. The molecule has 1 unspecified atom stereocenters. The fourth-order valence-electron chi connectivity index (χ4n) is 1.32. The Labute approximate surface area is 95.1 Å². The van der Waals surface area contributed by atoms with Gasteiger partial charge in [-0.1, -0.05) is 18.2 Å². The van der Waals surface area contributed by atoms with Crippen molar-refractivity contribution in [3.05, 3.63) is 29.8 Å². The normalized spacial score (nSPS) is 12.2. The number of carbonyl (C=O) groups excluding carboxylic acids is 1. The lowest BCUT2D eigenvalue weighted by molar-refractivity contribution is -0.131. The third kappa shape index (κ3) is 2.97. The van der Waals surface area contributed by atoms with E-state index in [0.29, 0.717) is 5.56 Å². The maximum Gasteiger partial charge on any atom is 0.227 e. The second-order valence-electron chi connectivity index (χ2n) is 3.84. The van der Waals surface area contributed by atoms with Crippen LogP contribution in [0, 0.1) is 0 Å². The standard InChI is InChI=1S/C12H17NO3/c1-9(8-14)13(2)12(16)7-10-5-3-4-6-11(10)15/h3-6,9,14-15H,7-8H2,1-2H3. The molecule has 1 atom stereocenters. The highest BCUT2D eigenvalue weighted by atomic mass is 16.3. The van der Waals surface area contributed by atoms with Gasteiger partial charge in [-0.3, -0.25) is 4.79 Å². The monoisotopic (exact) mass is 223 g/mol. The highest BCUT2D eigenvalue weighted by Gasteiger charge is 2.16. The highest BCUT2D eigenvalue weighted by Crippen LogP contribution is 2.16. The van der Waals surface area contributed by atoms with Gasteiger partial charge in [0, 0.05) is 12.6 Å². The molecular weight excluding hydrogens is 206 g/mol. The third-order valence-electron chi connectivity index (χ3n) is 2.65. The summed E-state index contributed by atoms with van der Waals surface area (Å²) in [4.78, 5) is 13.2. The van der Waals surface area contributed by atoms with Gasteiger partial charge in [0.2, 0.25) is 5.91 Å². The number of aromatic hydroxyl groups is 1. The fraction of sp³-hybridized carbons (Fsp3) is 0.417. The summed E-state index contributed by atoms with van der Waals surface area (Å²) in [6.45, 7) is 1.70. The second kappa shape index (κ2) is 5.51. The maximum atomic E-state index is 11.8. The van der Waals surface area contributed by atoms with Crippen molar-refractivity contribution in [1.29, 1.82) is 0 Å². The Morgan fingerprint density at radius 3 is 2.62 bits per heavy atom. The number of nitrogens with zero attached hydrogens (tertiary/aromatic N) is 1. The van der Waals surface area contributed by atoms with Gasteiger partial charge in [-0.05, 0) is 13.0 Å². The Bertz CT molecular complexity index is 365. The Kier molecular flexibility index (Phi) is 4.31. The predicted octanol–water partition coefficient (Wildman–Crippen LogP) is 0.774. The molecule has 0 aromatic heterocycles. The molecule has 0 aliphatic carbocycles. The lowest BCUT2D eigenvalue weighted by Crippen LogP contribution is -2.38. The molecule has 4 nitrogen and oxygen atoms in total. The van der Waals surface area contributed by atoms with Crippen LogP contribution in [0.4, 0.5) is 0 Å². The summed E-state index contributed by atoms with van der Waals surface area (Å²) in [5.41, 5.74) is 0.601. The van der Waals surface area contributed by atoms with Gasteiger partial charge >= 0.3 is 0 Å². The first-order valence-electron chi connectivity index (χ1n) is 5.19. The van der Waals surface area contributed by atoms with Gasteiger partial charge in [-0.15, -0.1) is 0 Å². The predicted molar refractivity (Wildman–Crippen MR) is 61.1 cm³/mol. The van der Waals surface area contributed by atoms with Crippen LogP contribution in [0.3, 0.4) is 0 Å². The largest absolute Gasteiger partial charge is 0.508 e. The van der Waals surface area contributed by atoms with E-state index >= 15 is 0 Å². The van der Waals surface area contributed by atoms with Crippen LogP contribution in [0.15, 0.2) is 24.3 Å². The summed E-state index contributed by atoms with van der Waals surface area (Å²) in [6, 6.07) is 6.54. The van der Waals surface area contributed by atoms with Crippen LogP contribution in [0.25, 0.3) is 0 Å². The molecule has 4 heteroatoms. The summed E-state index contributed by atoms with van der Waals surface area (Å²) in [5.74, 6) is 0.00366. The van der Waals surface area contributed by atoms with Crippen LogP contribution in [0.1, 0.15) is 12.5 Å². The number of carbonyl (C=O) groups is 1.